The van der Waals surface area contributed by atoms with E-state index in [1.807, 2.05) is 5.38 Å². The van der Waals surface area contributed by atoms with Gasteiger partial charge in [0.1, 0.15) is 5.01 Å². The van der Waals surface area contributed by atoms with E-state index in [9.17, 15) is 4.79 Å². The lowest BCUT2D eigenvalue weighted by Gasteiger charge is -2.05. The van der Waals surface area contributed by atoms with Gasteiger partial charge in [0.25, 0.3) is 0 Å². The van der Waals surface area contributed by atoms with E-state index in [0.29, 0.717) is 12.3 Å². The number of hydrogen-bond acceptors (Lipinski definition) is 3. The van der Waals surface area contributed by atoms with E-state index in [-0.39, 0.29) is 5.91 Å². The highest BCUT2D eigenvalue weighted by atomic mass is 35.5. The lowest BCUT2D eigenvalue weighted by molar-refractivity contribution is -0.120. The lowest BCUT2D eigenvalue weighted by Crippen LogP contribution is -2.26. The lowest BCUT2D eigenvalue weighted by atomic mass is 10.0. The van der Waals surface area contributed by atoms with E-state index in [2.05, 4.69) is 24.1 Å². The Kier molecular flexibility index (Phi) is 8.86. The van der Waals surface area contributed by atoms with Crippen molar-refractivity contribution in [1.82, 2.24) is 10.3 Å². The molecule has 0 aliphatic carbocycles. The molecular formula is C15H25ClN2OS. The fourth-order valence-electron chi connectivity index (χ4n) is 1.95. The molecule has 1 rings (SSSR count). The average molecular weight is 317 g/mol. The fraction of sp³-hybridized carbons (Fsp3) is 0.733. The smallest absolute Gasteiger partial charge is 0.226 e. The Bertz CT molecular complexity index is 393. The molecule has 0 saturated carbocycles. The van der Waals surface area contributed by atoms with Crippen molar-refractivity contribution in [3.8, 4) is 0 Å². The Hall–Kier alpha value is -0.610. The first-order chi connectivity index (χ1) is 9.61. The molecule has 1 N–H and O–H groups in total. The number of nitrogens with one attached hydrogen (secondary N) is 1. The zero-order chi connectivity index (χ0) is 14.8. The second-order valence-electron chi connectivity index (χ2n) is 5.49. The predicted octanol–water partition coefficient (Wildman–Crippen LogP) is 4.15. The zero-order valence-electron chi connectivity index (χ0n) is 12.5. The normalized spacial score (nSPS) is 11.0. The molecule has 0 saturated heterocycles. The molecule has 0 aromatic carbocycles. The zero-order valence-corrected chi connectivity index (χ0v) is 14.0. The number of nitrogens with zero attached hydrogens (tertiary/aromatic N) is 1. The van der Waals surface area contributed by atoms with Crippen molar-refractivity contribution >= 4 is 28.8 Å². The molecule has 5 heteroatoms. The molecule has 114 valence electrons. The number of amides is 1. The summed E-state index contributed by atoms with van der Waals surface area (Å²) in [5.41, 5.74) is 0.851. The van der Waals surface area contributed by atoms with Crippen molar-refractivity contribution in [3.63, 3.8) is 0 Å². The summed E-state index contributed by atoms with van der Waals surface area (Å²) in [4.78, 5) is 16.0. The third-order valence-corrected chi connectivity index (χ3v) is 4.25. The second-order valence-corrected chi connectivity index (χ2v) is 6.70. The molecular weight excluding hydrogens is 292 g/mol. The SMILES string of the molecule is CC(C)CCCCCCNC(=O)Cc1nc(CCl)cs1. The van der Waals surface area contributed by atoms with Gasteiger partial charge in [0.05, 0.1) is 18.0 Å². The number of carbonyl (C=O) groups is 1. The second kappa shape index (κ2) is 10.2. The summed E-state index contributed by atoms with van der Waals surface area (Å²) in [6, 6.07) is 0. The highest BCUT2D eigenvalue weighted by Crippen LogP contribution is 2.12. The van der Waals surface area contributed by atoms with Crippen molar-refractivity contribution in [3.05, 3.63) is 16.1 Å². The number of thiazole rings is 1. The standard InChI is InChI=1S/C15H25ClN2OS/c1-12(2)7-5-3-4-6-8-17-14(19)9-15-18-13(10-16)11-20-15/h11-12H,3-10H2,1-2H3,(H,17,19). The summed E-state index contributed by atoms with van der Waals surface area (Å²) in [5.74, 6) is 1.27. The van der Waals surface area contributed by atoms with E-state index in [0.717, 1.165) is 29.6 Å². The van der Waals surface area contributed by atoms with E-state index >= 15 is 0 Å². The van der Waals surface area contributed by atoms with Gasteiger partial charge in [-0.25, -0.2) is 4.98 Å². The van der Waals surface area contributed by atoms with Gasteiger partial charge in [0.2, 0.25) is 5.91 Å². The molecule has 0 spiro atoms. The van der Waals surface area contributed by atoms with Crippen LogP contribution in [0.25, 0.3) is 0 Å². The highest BCUT2D eigenvalue weighted by Gasteiger charge is 2.07. The maximum atomic E-state index is 11.7. The van der Waals surface area contributed by atoms with Gasteiger partial charge in [-0.3, -0.25) is 4.79 Å². The minimum Gasteiger partial charge on any atom is -0.356 e. The van der Waals surface area contributed by atoms with Crippen LogP contribution >= 0.6 is 22.9 Å². The van der Waals surface area contributed by atoms with Gasteiger partial charge in [-0.1, -0.05) is 39.5 Å². The van der Waals surface area contributed by atoms with Gasteiger partial charge in [-0.05, 0) is 12.3 Å². The number of unbranched alkanes of at least 4 members (excludes halogenated alkanes) is 3. The maximum Gasteiger partial charge on any atom is 0.226 e. The monoisotopic (exact) mass is 316 g/mol. The highest BCUT2D eigenvalue weighted by molar-refractivity contribution is 7.09. The molecule has 1 heterocycles. The molecule has 1 amide bonds. The summed E-state index contributed by atoms with van der Waals surface area (Å²) in [6.07, 6.45) is 6.50. The largest absolute Gasteiger partial charge is 0.356 e. The van der Waals surface area contributed by atoms with Crippen LogP contribution in [0.15, 0.2) is 5.38 Å². The summed E-state index contributed by atoms with van der Waals surface area (Å²) in [6.45, 7) is 5.29. The maximum absolute atomic E-state index is 11.7. The summed E-state index contributed by atoms with van der Waals surface area (Å²) >= 11 is 7.18. The molecule has 1 aromatic heterocycles. The molecule has 0 bridgehead atoms. The number of hydrogen-bond donors (Lipinski definition) is 1. The average Bonchev–Trinajstić information content (AvgIpc) is 2.85. The first-order valence-electron chi connectivity index (χ1n) is 7.37. The fourth-order valence-corrected chi connectivity index (χ4v) is 2.97. The predicted molar refractivity (Wildman–Crippen MR) is 86.3 cm³/mol. The van der Waals surface area contributed by atoms with E-state index in [1.165, 1.54) is 37.0 Å². The van der Waals surface area contributed by atoms with Gasteiger partial charge in [0, 0.05) is 11.9 Å². The van der Waals surface area contributed by atoms with Crippen LogP contribution < -0.4 is 5.32 Å². The van der Waals surface area contributed by atoms with E-state index in [4.69, 9.17) is 11.6 Å². The van der Waals surface area contributed by atoms with Crippen LogP contribution in [0.4, 0.5) is 0 Å². The summed E-state index contributed by atoms with van der Waals surface area (Å²) < 4.78 is 0. The molecule has 1 aromatic rings. The Balaban J connectivity index is 2.03. The van der Waals surface area contributed by atoms with E-state index < -0.39 is 0 Å². The molecule has 0 unspecified atom stereocenters. The van der Waals surface area contributed by atoms with Gasteiger partial charge in [-0.15, -0.1) is 22.9 Å². The number of carbonyl (C=O) groups excluding carboxylic acids is 1. The molecule has 3 nitrogen and oxygen atoms in total. The Labute approximate surface area is 131 Å². The van der Waals surface area contributed by atoms with Crippen molar-refractivity contribution in [2.24, 2.45) is 5.92 Å². The Morgan fingerprint density at radius 3 is 2.75 bits per heavy atom. The van der Waals surface area contributed by atoms with Crippen LogP contribution in [-0.2, 0) is 17.1 Å². The van der Waals surface area contributed by atoms with Crippen LogP contribution in [0.1, 0.15) is 56.7 Å². The first kappa shape index (κ1) is 17.4. The number of halogens is 1. The first-order valence-corrected chi connectivity index (χ1v) is 8.79. The molecule has 0 radical (unpaired) electrons. The van der Waals surface area contributed by atoms with Crippen molar-refractivity contribution in [2.45, 2.75) is 58.3 Å². The number of aromatic nitrogens is 1. The minimum atomic E-state index is 0.0580. The number of alkyl halides is 1. The molecule has 0 fully saturated rings. The van der Waals surface area contributed by atoms with Crippen LogP contribution in [0, 0.1) is 5.92 Å². The van der Waals surface area contributed by atoms with Crippen molar-refractivity contribution in [2.75, 3.05) is 6.54 Å². The topological polar surface area (TPSA) is 42.0 Å². The van der Waals surface area contributed by atoms with E-state index in [1.54, 1.807) is 0 Å². The Morgan fingerprint density at radius 1 is 1.35 bits per heavy atom. The number of rotatable bonds is 10. The van der Waals surface area contributed by atoms with Gasteiger partial charge < -0.3 is 5.32 Å². The minimum absolute atomic E-state index is 0.0580. The van der Waals surface area contributed by atoms with Crippen LogP contribution in [0.3, 0.4) is 0 Å². The van der Waals surface area contributed by atoms with Gasteiger partial charge in [0.15, 0.2) is 0 Å². The molecule has 20 heavy (non-hydrogen) atoms. The van der Waals surface area contributed by atoms with Crippen molar-refractivity contribution < 1.29 is 4.79 Å². The Morgan fingerprint density at radius 2 is 2.10 bits per heavy atom. The van der Waals surface area contributed by atoms with Crippen LogP contribution in [0.2, 0.25) is 0 Å². The molecule has 0 aliphatic rings. The quantitative estimate of drug-likeness (QED) is 0.520. The van der Waals surface area contributed by atoms with Gasteiger partial charge >= 0.3 is 0 Å². The van der Waals surface area contributed by atoms with Gasteiger partial charge in [-0.2, -0.15) is 0 Å². The van der Waals surface area contributed by atoms with Crippen molar-refractivity contribution in [1.29, 1.82) is 0 Å². The molecule has 0 aliphatic heterocycles. The molecule has 0 atom stereocenters. The third kappa shape index (κ3) is 7.85. The third-order valence-electron chi connectivity index (χ3n) is 3.08. The summed E-state index contributed by atoms with van der Waals surface area (Å²) in [7, 11) is 0. The van der Waals surface area contributed by atoms with Crippen LogP contribution in [0.5, 0.6) is 0 Å². The summed E-state index contributed by atoms with van der Waals surface area (Å²) in [5, 5.41) is 5.70. The van der Waals surface area contributed by atoms with Crippen LogP contribution in [-0.4, -0.2) is 17.4 Å².